The number of aryl methyl sites for hydroxylation is 3. The van der Waals surface area contributed by atoms with Gasteiger partial charge in [-0.2, -0.15) is 4.98 Å². The number of hydrogen-bond acceptors (Lipinski definition) is 7. The van der Waals surface area contributed by atoms with Gasteiger partial charge in [-0.25, -0.2) is 0 Å². The van der Waals surface area contributed by atoms with Crippen LogP contribution in [-0.2, 0) is 10.2 Å². The molecular formula is C20H27N5O4. The summed E-state index contributed by atoms with van der Waals surface area (Å²) in [5, 5.41) is 11.0. The number of amides is 2. The van der Waals surface area contributed by atoms with Crippen LogP contribution < -0.4 is 5.32 Å². The zero-order valence-electron chi connectivity index (χ0n) is 17.5. The van der Waals surface area contributed by atoms with Gasteiger partial charge in [0.2, 0.25) is 11.8 Å². The van der Waals surface area contributed by atoms with Gasteiger partial charge in [0.25, 0.3) is 5.91 Å². The van der Waals surface area contributed by atoms with Crippen LogP contribution in [0.3, 0.4) is 0 Å². The molecule has 3 unspecified atom stereocenters. The molecule has 1 aliphatic carbocycles. The molecule has 0 spiro atoms. The molecule has 9 heteroatoms. The van der Waals surface area contributed by atoms with E-state index in [0.717, 1.165) is 6.42 Å². The van der Waals surface area contributed by atoms with Crippen molar-refractivity contribution in [2.45, 2.75) is 58.9 Å². The molecule has 156 valence electrons. The van der Waals surface area contributed by atoms with Crippen molar-refractivity contribution in [2.75, 3.05) is 13.1 Å². The second kappa shape index (κ2) is 6.96. The summed E-state index contributed by atoms with van der Waals surface area (Å²) in [5.41, 5.74) is 0.637. The van der Waals surface area contributed by atoms with Gasteiger partial charge < -0.3 is 19.3 Å². The Hall–Kier alpha value is -2.71. The molecule has 1 N–H and O–H groups in total. The van der Waals surface area contributed by atoms with Gasteiger partial charge >= 0.3 is 0 Å². The first-order valence-corrected chi connectivity index (χ1v) is 10.0. The van der Waals surface area contributed by atoms with Crippen LogP contribution in [0.25, 0.3) is 0 Å². The summed E-state index contributed by atoms with van der Waals surface area (Å²) < 4.78 is 10.7. The summed E-state index contributed by atoms with van der Waals surface area (Å²) in [4.78, 5) is 31.8. The highest BCUT2D eigenvalue weighted by Gasteiger charge is 2.58. The number of nitrogens with zero attached hydrogens (tertiary/aromatic N) is 4. The maximum atomic E-state index is 12.8. The Bertz CT molecular complexity index is 929. The Labute approximate surface area is 169 Å². The highest BCUT2D eigenvalue weighted by molar-refractivity contribution is 5.96. The molecule has 1 saturated carbocycles. The molecule has 29 heavy (non-hydrogen) atoms. The number of carbonyl (C=O) groups excluding carboxylic acids is 2. The van der Waals surface area contributed by atoms with E-state index < -0.39 is 5.41 Å². The molecule has 3 heterocycles. The number of likely N-dealkylation sites (tertiary alicyclic amines) is 1. The zero-order valence-corrected chi connectivity index (χ0v) is 17.5. The summed E-state index contributed by atoms with van der Waals surface area (Å²) in [5.74, 6) is 1.68. The number of rotatable bonds is 4. The van der Waals surface area contributed by atoms with Crippen LogP contribution in [0, 0.1) is 32.6 Å². The first kappa shape index (κ1) is 19.6. The van der Waals surface area contributed by atoms with Crippen LogP contribution in [0.5, 0.6) is 0 Å². The van der Waals surface area contributed by atoms with Gasteiger partial charge in [0.15, 0.2) is 5.82 Å². The van der Waals surface area contributed by atoms with E-state index >= 15 is 0 Å². The molecule has 0 bridgehead atoms. The first-order chi connectivity index (χ1) is 13.7. The monoisotopic (exact) mass is 401 g/mol. The lowest BCUT2D eigenvalue weighted by Gasteiger charge is -2.26. The van der Waals surface area contributed by atoms with Crippen LogP contribution in [0.2, 0.25) is 0 Å². The Morgan fingerprint density at radius 2 is 1.97 bits per heavy atom. The summed E-state index contributed by atoms with van der Waals surface area (Å²) in [6, 6.07) is -0.0512. The van der Waals surface area contributed by atoms with E-state index in [-0.39, 0.29) is 29.7 Å². The van der Waals surface area contributed by atoms with Crippen LogP contribution in [0.15, 0.2) is 9.05 Å². The summed E-state index contributed by atoms with van der Waals surface area (Å²) >= 11 is 0. The lowest BCUT2D eigenvalue weighted by atomic mass is 9.80. The van der Waals surface area contributed by atoms with Crippen molar-refractivity contribution in [2.24, 2.45) is 11.8 Å². The van der Waals surface area contributed by atoms with Gasteiger partial charge in [-0.05, 0) is 39.5 Å². The molecule has 2 aromatic rings. The third-order valence-corrected chi connectivity index (χ3v) is 6.23. The Balaban J connectivity index is 1.57. The van der Waals surface area contributed by atoms with Crippen molar-refractivity contribution in [3.8, 4) is 0 Å². The van der Waals surface area contributed by atoms with Crippen LogP contribution in [0.4, 0.5) is 0 Å². The molecule has 2 aromatic heterocycles. The fourth-order valence-electron chi connectivity index (χ4n) is 4.91. The predicted octanol–water partition coefficient (Wildman–Crippen LogP) is 1.93. The molecular weight excluding hydrogens is 374 g/mol. The molecule has 9 nitrogen and oxygen atoms in total. The summed E-state index contributed by atoms with van der Waals surface area (Å²) in [6.07, 6.45) is 1.40. The molecule has 2 fully saturated rings. The summed E-state index contributed by atoms with van der Waals surface area (Å²) in [7, 11) is 0. The Morgan fingerprint density at radius 1 is 1.21 bits per heavy atom. The largest absolute Gasteiger partial charge is 0.361 e. The third-order valence-electron chi connectivity index (χ3n) is 6.23. The lowest BCUT2D eigenvalue weighted by Crippen LogP contribution is -2.40. The van der Waals surface area contributed by atoms with Crippen molar-refractivity contribution >= 4 is 11.8 Å². The van der Waals surface area contributed by atoms with E-state index in [0.29, 0.717) is 48.2 Å². The minimum absolute atomic E-state index is 0.0512. The summed E-state index contributed by atoms with van der Waals surface area (Å²) in [6.45, 7) is 10.3. The minimum Gasteiger partial charge on any atom is -0.361 e. The van der Waals surface area contributed by atoms with Gasteiger partial charge in [-0.3, -0.25) is 9.59 Å². The average molecular weight is 401 g/mol. The standard InChI is InChI=1S/C20H27N5O4/c1-10(2)18(27)25-8-14-6-15(22-17(26)16-11(3)23-28-12(16)4)7-20(14,9-25)19-21-13(5)24-29-19/h10,14-15H,6-9H2,1-5H3,(H,22,26). The number of fused-ring (bicyclic) bond motifs is 1. The van der Waals surface area contributed by atoms with Crippen molar-refractivity contribution in [3.63, 3.8) is 0 Å². The lowest BCUT2D eigenvalue weighted by molar-refractivity contribution is -0.133. The minimum atomic E-state index is -0.428. The second-order valence-corrected chi connectivity index (χ2v) is 8.68. The molecule has 1 saturated heterocycles. The van der Waals surface area contributed by atoms with Gasteiger partial charge in [-0.1, -0.05) is 24.2 Å². The van der Waals surface area contributed by atoms with E-state index in [4.69, 9.17) is 9.05 Å². The highest BCUT2D eigenvalue weighted by atomic mass is 16.5. The maximum absolute atomic E-state index is 12.8. The van der Waals surface area contributed by atoms with Crippen molar-refractivity contribution < 1.29 is 18.6 Å². The Kier molecular flexibility index (Phi) is 4.71. The SMILES string of the molecule is Cc1noc(C23CC(NC(=O)c4c(C)noc4C)CC2CN(C(=O)C(C)C)C3)n1. The van der Waals surface area contributed by atoms with Crippen LogP contribution in [0.1, 0.15) is 60.2 Å². The van der Waals surface area contributed by atoms with Crippen molar-refractivity contribution in [1.82, 2.24) is 25.5 Å². The number of hydrogen-bond donors (Lipinski definition) is 1. The van der Waals surface area contributed by atoms with Gasteiger partial charge in [0.05, 0.1) is 11.1 Å². The van der Waals surface area contributed by atoms with Crippen molar-refractivity contribution in [1.29, 1.82) is 0 Å². The van der Waals surface area contributed by atoms with E-state index in [1.807, 2.05) is 18.7 Å². The van der Waals surface area contributed by atoms with Gasteiger partial charge in [-0.15, -0.1) is 0 Å². The quantitative estimate of drug-likeness (QED) is 0.832. The van der Waals surface area contributed by atoms with Crippen LogP contribution >= 0.6 is 0 Å². The first-order valence-electron chi connectivity index (χ1n) is 10.0. The molecule has 4 rings (SSSR count). The molecule has 2 amide bonds. The molecule has 1 aliphatic heterocycles. The number of nitrogens with one attached hydrogen (secondary N) is 1. The van der Waals surface area contributed by atoms with E-state index in [2.05, 4.69) is 20.6 Å². The van der Waals surface area contributed by atoms with E-state index in [9.17, 15) is 9.59 Å². The zero-order chi connectivity index (χ0) is 20.9. The predicted molar refractivity (Wildman–Crippen MR) is 102 cm³/mol. The highest BCUT2D eigenvalue weighted by Crippen LogP contribution is 2.50. The number of carbonyl (C=O) groups is 2. The maximum Gasteiger partial charge on any atom is 0.257 e. The molecule has 0 radical (unpaired) electrons. The van der Waals surface area contributed by atoms with E-state index in [1.165, 1.54) is 0 Å². The average Bonchev–Trinajstić information content (AvgIpc) is 3.37. The van der Waals surface area contributed by atoms with Gasteiger partial charge in [0.1, 0.15) is 11.3 Å². The topological polar surface area (TPSA) is 114 Å². The second-order valence-electron chi connectivity index (χ2n) is 8.68. The Morgan fingerprint density at radius 3 is 2.55 bits per heavy atom. The molecule has 0 aromatic carbocycles. The normalized spacial score (nSPS) is 26.2. The smallest absolute Gasteiger partial charge is 0.257 e. The van der Waals surface area contributed by atoms with Gasteiger partial charge in [0, 0.05) is 25.0 Å². The number of aromatic nitrogens is 3. The van der Waals surface area contributed by atoms with Crippen LogP contribution in [-0.4, -0.2) is 51.1 Å². The fourth-order valence-corrected chi connectivity index (χ4v) is 4.91. The van der Waals surface area contributed by atoms with E-state index in [1.54, 1.807) is 20.8 Å². The fraction of sp³-hybridized carbons (Fsp3) is 0.650. The molecule has 2 aliphatic rings. The third kappa shape index (κ3) is 3.22. The molecule has 3 atom stereocenters. The van der Waals surface area contributed by atoms with Crippen molar-refractivity contribution in [3.05, 3.63) is 28.7 Å².